The molecule has 7 nitrogen and oxygen atoms in total. The average molecular weight is 340 g/mol. The lowest BCUT2D eigenvalue weighted by Crippen LogP contribution is -2.39. The Morgan fingerprint density at radius 2 is 1.84 bits per heavy atom. The Morgan fingerprint density at radius 1 is 1.08 bits per heavy atom. The first-order valence-corrected chi connectivity index (χ1v) is 7.98. The van der Waals surface area contributed by atoms with E-state index in [0.717, 1.165) is 11.5 Å². The van der Waals surface area contributed by atoms with Crippen LogP contribution in [-0.2, 0) is 6.54 Å². The third-order valence-corrected chi connectivity index (χ3v) is 4.05. The minimum absolute atomic E-state index is 0.0527. The highest BCUT2D eigenvalue weighted by molar-refractivity contribution is 5.74. The molecule has 0 radical (unpaired) electrons. The van der Waals surface area contributed by atoms with Gasteiger partial charge in [-0.2, -0.15) is 0 Å². The number of anilines is 2. The summed E-state index contributed by atoms with van der Waals surface area (Å²) in [5.74, 6) is 0.791. The number of nitrogens with one attached hydrogen (secondary N) is 2. The molecular formula is C18H20N4O3. The molecule has 3 rings (SSSR count). The second kappa shape index (κ2) is 7.31. The standard InChI is InChI=1S/C18H20N4O3/c1-22(2)13(14-7-5-9-25-14)11-21-16-15(17(23)18(16)24)20-10-12-6-3-4-8-19-12/h3-9,13,20-21H,10-11H2,1-2H3/t13-/m1/s1. The molecule has 0 bridgehead atoms. The van der Waals surface area contributed by atoms with Gasteiger partial charge in [0.25, 0.3) is 10.9 Å². The number of pyridine rings is 1. The van der Waals surface area contributed by atoms with Gasteiger partial charge in [0.15, 0.2) is 0 Å². The van der Waals surface area contributed by atoms with Crippen molar-refractivity contribution in [1.29, 1.82) is 0 Å². The predicted octanol–water partition coefficient (Wildman–Crippen LogP) is 1.60. The molecular weight excluding hydrogens is 320 g/mol. The number of hydrogen-bond donors (Lipinski definition) is 2. The number of nitrogens with zero attached hydrogens (tertiary/aromatic N) is 2. The minimum atomic E-state index is -0.502. The van der Waals surface area contributed by atoms with Gasteiger partial charge in [-0.25, -0.2) is 0 Å². The molecule has 0 saturated carbocycles. The van der Waals surface area contributed by atoms with Crippen LogP contribution in [0.5, 0.6) is 0 Å². The van der Waals surface area contributed by atoms with Gasteiger partial charge < -0.3 is 15.1 Å². The van der Waals surface area contributed by atoms with Gasteiger partial charge in [0.2, 0.25) is 0 Å². The molecule has 0 aliphatic rings. The number of likely N-dealkylation sites (N-methyl/N-ethyl adjacent to an activating group) is 1. The Hall–Kier alpha value is -2.93. The van der Waals surface area contributed by atoms with Gasteiger partial charge in [-0.1, -0.05) is 6.07 Å². The zero-order valence-electron chi connectivity index (χ0n) is 14.2. The molecule has 0 aliphatic carbocycles. The molecule has 2 aromatic heterocycles. The summed E-state index contributed by atoms with van der Waals surface area (Å²) < 4.78 is 5.45. The van der Waals surface area contributed by atoms with Gasteiger partial charge in [-0.15, -0.1) is 0 Å². The molecule has 1 atom stereocenters. The fourth-order valence-corrected chi connectivity index (χ4v) is 2.63. The lowest BCUT2D eigenvalue weighted by molar-refractivity contribution is 0.269. The second-order valence-corrected chi connectivity index (χ2v) is 5.96. The third-order valence-electron chi connectivity index (χ3n) is 4.05. The Bertz CT molecular complexity index is 881. The largest absolute Gasteiger partial charge is 0.468 e. The topological polar surface area (TPSA) is 87.5 Å². The third kappa shape index (κ3) is 3.61. The van der Waals surface area contributed by atoms with E-state index < -0.39 is 10.9 Å². The summed E-state index contributed by atoms with van der Waals surface area (Å²) in [5, 5.41) is 6.08. The summed E-state index contributed by atoms with van der Waals surface area (Å²) in [7, 11) is 3.86. The molecule has 0 aliphatic heterocycles. The van der Waals surface area contributed by atoms with Crippen LogP contribution in [0.3, 0.4) is 0 Å². The Kier molecular flexibility index (Phi) is 4.95. The molecule has 0 saturated heterocycles. The quantitative estimate of drug-likeness (QED) is 0.602. The first-order chi connectivity index (χ1) is 12.1. The van der Waals surface area contributed by atoms with E-state index in [9.17, 15) is 9.59 Å². The molecule has 0 spiro atoms. The summed E-state index contributed by atoms with van der Waals surface area (Å²) in [6.07, 6.45) is 3.30. The molecule has 2 N–H and O–H groups in total. The van der Waals surface area contributed by atoms with Crippen molar-refractivity contribution in [1.82, 2.24) is 9.88 Å². The zero-order valence-corrected chi connectivity index (χ0v) is 14.2. The van der Waals surface area contributed by atoms with E-state index >= 15 is 0 Å². The van der Waals surface area contributed by atoms with Crippen LogP contribution in [0.4, 0.5) is 11.4 Å². The monoisotopic (exact) mass is 340 g/mol. The van der Waals surface area contributed by atoms with Crippen LogP contribution in [0.15, 0.2) is 56.8 Å². The minimum Gasteiger partial charge on any atom is -0.468 e. The predicted molar refractivity (Wildman–Crippen MR) is 96.5 cm³/mol. The number of hydrogen-bond acceptors (Lipinski definition) is 7. The normalized spacial score (nSPS) is 12.4. The maximum atomic E-state index is 11.9. The average Bonchev–Trinajstić information content (AvgIpc) is 3.14. The van der Waals surface area contributed by atoms with Crippen molar-refractivity contribution in [2.45, 2.75) is 12.6 Å². The number of furan rings is 1. The van der Waals surface area contributed by atoms with Crippen LogP contribution >= 0.6 is 0 Å². The molecule has 25 heavy (non-hydrogen) atoms. The van der Waals surface area contributed by atoms with E-state index in [1.165, 1.54) is 0 Å². The fraction of sp³-hybridized carbons (Fsp3) is 0.278. The van der Waals surface area contributed by atoms with Crippen LogP contribution in [0, 0.1) is 0 Å². The summed E-state index contributed by atoms with van der Waals surface area (Å²) in [6, 6.07) is 9.20. The molecule has 1 aromatic carbocycles. The van der Waals surface area contributed by atoms with Crippen molar-refractivity contribution in [3.63, 3.8) is 0 Å². The van der Waals surface area contributed by atoms with Gasteiger partial charge in [-0.05, 0) is 38.4 Å². The smallest absolute Gasteiger partial charge is 0.253 e. The highest BCUT2D eigenvalue weighted by Gasteiger charge is 2.23. The molecule has 3 aromatic rings. The first kappa shape index (κ1) is 16.9. The van der Waals surface area contributed by atoms with E-state index in [4.69, 9.17) is 4.42 Å². The number of rotatable bonds is 8. The highest BCUT2D eigenvalue weighted by atomic mass is 16.3. The Morgan fingerprint density at radius 3 is 2.44 bits per heavy atom. The van der Waals surface area contributed by atoms with Crippen molar-refractivity contribution in [2.24, 2.45) is 0 Å². The lowest BCUT2D eigenvalue weighted by Gasteiger charge is -2.24. The van der Waals surface area contributed by atoms with Crippen molar-refractivity contribution in [3.8, 4) is 0 Å². The molecule has 0 amide bonds. The first-order valence-electron chi connectivity index (χ1n) is 7.98. The fourth-order valence-electron chi connectivity index (χ4n) is 2.63. The summed E-state index contributed by atoms with van der Waals surface area (Å²) in [5.41, 5.74) is 0.425. The van der Waals surface area contributed by atoms with E-state index in [1.807, 2.05) is 49.3 Å². The molecule has 7 heteroatoms. The summed E-state index contributed by atoms with van der Waals surface area (Å²) in [6.45, 7) is 0.833. The molecule has 130 valence electrons. The summed E-state index contributed by atoms with van der Waals surface area (Å²) in [4.78, 5) is 29.9. The van der Waals surface area contributed by atoms with Crippen molar-refractivity contribution >= 4 is 11.4 Å². The summed E-state index contributed by atoms with van der Waals surface area (Å²) >= 11 is 0. The van der Waals surface area contributed by atoms with Crippen LogP contribution in [-0.4, -0.2) is 30.5 Å². The van der Waals surface area contributed by atoms with Crippen LogP contribution in [0.25, 0.3) is 0 Å². The maximum Gasteiger partial charge on any atom is 0.253 e. The van der Waals surface area contributed by atoms with E-state index in [1.54, 1.807) is 12.5 Å². The lowest BCUT2D eigenvalue weighted by atomic mass is 10.1. The Balaban J connectivity index is 1.68. The van der Waals surface area contributed by atoms with Crippen LogP contribution in [0.1, 0.15) is 17.5 Å². The van der Waals surface area contributed by atoms with Crippen LogP contribution in [0.2, 0.25) is 0 Å². The van der Waals surface area contributed by atoms with Crippen molar-refractivity contribution in [2.75, 3.05) is 31.3 Å². The van der Waals surface area contributed by atoms with Gasteiger partial charge in [-0.3, -0.25) is 19.5 Å². The number of aromatic nitrogens is 1. The molecule has 2 heterocycles. The molecule has 0 fully saturated rings. The van der Waals surface area contributed by atoms with Crippen molar-refractivity contribution in [3.05, 3.63) is 74.7 Å². The second-order valence-electron chi connectivity index (χ2n) is 5.96. The van der Waals surface area contributed by atoms with Gasteiger partial charge >= 0.3 is 0 Å². The van der Waals surface area contributed by atoms with Gasteiger partial charge in [0.05, 0.1) is 24.5 Å². The van der Waals surface area contributed by atoms with Crippen molar-refractivity contribution < 1.29 is 4.42 Å². The zero-order chi connectivity index (χ0) is 17.8. The SMILES string of the molecule is CN(C)[C@H](CNc1c(NCc2ccccn2)c(=O)c1=O)c1ccco1. The van der Waals surface area contributed by atoms with Crippen LogP contribution < -0.4 is 21.5 Å². The van der Waals surface area contributed by atoms with E-state index in [0.29, 0.717) is 24.5 Å². The van der Waals surface area contributed by atoms with E-state index in [-0.39, 0.29) is 6.04 Å². The van der Waals surface area contributed by atoms with E-state index in [2.05, 4.69) is 15.6 Å². The molecule has 0 unspecified atom stereocenters. The highest BCUT2D eigenvalue weighted by Crippen LogP contribution is 2.21. The van der Waals surface area contributed by atoms with Gasteiger partial charge in [0.1, 0.15) is 17.1 Å². The Labute approximate surface area is 145 Å². The maximum absolute atomic E-state index is 11.9. The van der Waals surface area contributed by atoms with Gasteiger partial charge in [0, 0.05) is 12.7 Å².